The van der Waals surface area contributed by atoms with Gasteiger partial charge in [-0.25, -0.2) is 0 Å². The molecule has 1 aromatic heterocycles. The molecule has 6 heteroatoms. The summed E-state index contributed by atoms with van der Waals surface area (Å²) in [5.41, 5.74) is 0. The molecule has 1 aliphatic carbocycles. The second kappa shape index (κ2) is 10.4. The standard InChI is InChI=1S/C22H39N5O/c1-4-27(21-9-6-5-7-10-21)22(28)19(2)24(3)20-11-15-25(16-12-20)17-18-26-14-8-13-23-26/h8,13-14,19-21H,4-7,9-12,15-18H2,1-3H3. The highest BCUT2D eigenvalue weighted by Crippen LogP contribution is 2.24. The van der Waals surface area contributed by atoms with E-state index < -0.39 is 0 Å². The molecule has 0 radical (unpaired) electrons. The Bertz CT molecular complexity index is 576. The molecule has 28 heavy (non-hydrogen) atoms. The van der Waals surface area contributed by atoms with Crippen molar-refractivity contribution in [2.24, 2.45) is 0 Å². The van der Waals surface area contributed by atoms with E-state index in [1.165, 1.54) is 32.1 Å². The predicted molar refractivity (Wildman–Crippen MR) is 113 cm³/mol. The average Bonchev–Trinajstić information content (AvgIpc) is 3.26. The lowest BCUT2D eigenvalue weighted by atomic mass is 9.93. The Kier molecular flexibility index (Phi) is 7.91. The molecular formula is C22H39N5O. The van der Waals surface area contributed by atoms with Crippen LogP contribution in [0.25, 0.3) is 0 Å². The summed E-state index contributed by atoms with van der Waals surface area (Å²) in [7, 11) is 2.15. The van der Waals surface area contributed by atoms with Gasteiger partial charge >= 0.3 is 0 Å². The van der Waals surface area contributed by atoms with Crippen molar-refractivity contribution in [3.05, 3.63) is 18.5 Å². The van der Waals surface area contributed by atoms with Crippen molar-refractivity contribution in [2.75, 3.05) is 33.2 Å². The van der Waals surface area contributed by atoms with Gasteiger partial charge in [-0.15, -0.1) is 0 Å². The maximum absolute atomic E-state index is 13.2. The van der Waals surface area contributed by atoms with E-state index in [2.05, 4.69) is 40.7 Å². The summed E-state index contributed by atoms with van der Waals surface area (Å²) >= 11 is 0. The van der Waals surface area contributed by atoms with E-state index >= 15 is 0 Å². The molecule has 3 rings (SSSR count). The molecule has 1 aromatic rings. The number of aromatic nitrogens is 2. The number of likely N-dealkylation sites (N-methyl/N-ethyl adjacent to an activating group) is 2. The van der Waals surface area contributed by atoms with Crippen LogP contribution >= 0.6 is 0 Å². The van der Waals surface area contributed by atoms with E-state index in [9.17, 15) is 4.79 Å². The van der Waals surface area contributed by atoms with Crippen molar-refractivity contribution in [3.63, 3.8) is 0 Å². The lowest BCUT2D eigenvalue weighted by molar-refractivity contribution is -0.140. The van der Waals surface area contributed by atoms with Crippen LogP contribution in [0.2, 0.25) is 0 Å². The Labute approximate surface area is 170 Å². The van der Waals surface area contributed by atoms with Gasteiger partial charge in [-0.05, 0) is 65.7 Å². The van der Waals surface area contributed by atoms with Crippen molar-refractivity contribution in [2.45, 2.75) is 83.5 Å². The summed E-state index contributed by atoms with van der Waals surface area (Å²) in [5.74, 6) is 0.331. The second-order valence-electron chi connectivity index (χ2n) is 8.60. The van der Waals surface area contributed by atoms with E-state index in [4.69, 9.17) is 0 Å². The third kappa shape index (κ3) is 5.35. The average molecular weight is 390 g/mol. The Morgan fingerprint density at radius 3 is 2.43 bits per heavy atom. The second-order valence-corrected chi connectivity index (χ2v) is 8.60. The van der Waals surface area contributed by atoms with Crippen LogP contribution in [-0.2, 0) is 11.3 Å². The number of amides is 1. The summed E-state index contributed by atoms with van der Waals surface area (Å²) in [6, 6.07) is 2.92. The zero-order valence-corrected chi connectivity index (χ0v) is 18.1. The molecule has 0 aromatic carbocycles. The first-order valence-electron chi connectivity index (χ1n) is 11.3. The quantitative estimate of drug-likeness (QED) is 0.686. The third-order valence-electron chi connectivity index (χ3n) is 6.95. The van der Waals surface area contributed by atoms with Crippen molar-refractivity contribution in [3.8, 4) is 0 Å². The molecule has 1 aliphatic heterocycles. The minimum Gasteiger partial charge on any atom is -0.339 e. The normalized spacial score (nSPS) is 21.1. The van der Waals surface area contributed by atoms with Gasteiger partial charge in [0, 0.05) is 37.6 Å². The number of rotatable bonds is 8. The van der Waals surface area contributed by atoms with Crippen LogP contribution in [0.4, 0.5) is 0 Å². The van der Waals surface area contributed by atoms with E-state index in [1.54, 1.807) is 0 Å². The fourth-order valence-electron chi connectivity index (χ4n) is 4.94. The van der Waals surface area contributed by atoms with E-state index in [1.807, 2.05) is 23.1 Å². The maximum atomic E-state index is 13.2. The zero-order valence-electron chi connectivity index (χ0n) is 18.1. The fraction of sp³-hybridized carbons (Fsp3) is 0.818. The Hall–Kier alpha value is -1.40. The lowest BCUT2D eigenvalue weighted by Crippen LogP contribution is -2.54. The van der Waals surface area contributed by atoms with Gasteiger partial charge in [0.2, 0.25) is 5.91 Å². The first-order chi connectivity index (χ1) is 13.6. The van der Waals surface area contributed by atoms with Crippen LogP contribution in [0.5, 0.6) is 0 Å². The SMILES string of the molecule is CCN(C(=O)C(C)N(C)C1CCN(CCn2cccn2)CC1)C1CCCCC1. The highest BCUT2D eigenvalue weighted by molar-refractivity contribution is 5.81. The molecule has 0 bridgehead atoms. The summed E-state index contributed by atoms with van der Waals surface area (Å²) < 4.78 is 2.00. The molecule has 1 unspecified atom stereocenters. The molecule has 158 valence electrons. The molecule has 2 heterocycles. The molecule has 1 amide bonds. The number of nitrogens with zero attached hydrogens (tertiary/aromatic N) is 5. The monoisotopic (exact) mass is 389 g/mol. The lowest BCUT2D eigenvalue weighted by Gasteiger charge is -2.41. The highest BCUT2D eigenvalue weighted by Gasteiger charge is 2.32. The molecule has 0 N–H and O–H groups in total. The van der Waals surface area contributed by atoms with Crippen LogP contribution < -0.4 is 0 Å². The molecule has 2 fully saturated rings. The summed E-state index contributed by atoms with van der Waals surface area (Å²) in [6.45, 7) is 9.31. The smallest absolute Gasteiger partial charge is 0.239 e. The van der Waals surface area contributed by atoms with Crippen LogP contribution in [0.1, 0.15) is 58.8 Å². The van der Waals surface area contributed by atoms with Gasteiger partial charge in [0.05, 0.1) is 12.6 Å². The topological polar surface area (TPSA) is 44.6 Å². The molecular weight excluding hydrogens is 350 g/mol. The Balaban J connectivity index is 1.46. The maximum Gasteiger partial charge on any atom is 0.239 e. The van der Waals surface area contributed by atoms with Gasteiger partial charge in [-0.2, -0.15) is 5.10 Å². The van der Waals surface area contributed by atoms with Gasteiger partial charge in [0.15, 0.2) is 0 Å². The Morgan fingerprint density at radius 1 is 1.11 bits per heavy atom. The van der Waals surface area contributed by atoms with Crippen molar-refractivity contribution < 1.29 is 4.79 Å². The summed E-state index contributed by atoms with van der Waals surface area (Å²) in [6.07, 6.45) is 12.4. The first kappa shape index (κ1) is 21.3. The zero-order chi connectivity index (χ0) is 19.9. The van der Waals surface area contributed by atoms with Crippen LogP contribution in [0.15, 0.2) is 18.5 Å². The predicted octanol–water partition coefficient (Wildman–Crippen LogP) is 2.85. The van der Waals surface area contributed by atoms with Gasteiger partial charge < -0.3 is 9.80 Å². The number of hydrogen-bond acceptors (Lipinski definition) is 4. The molecule has 1 atom stereocenters. The van der Waals surface area contributed by atoms with Crippen LogP contribution in [0, 0.1) is 0 Å². The van der Waals surface area contributed by atoms with E-state index in [0.717, 1.165) is 45.6 Å². The number of piperidine rings is 1. The highest BCUT2D eigenvalue weighted by atomic mass is 16.2. The number of hydrogen-bond donors (Lipinski definition) is 0. The summed E-state index contributed by atoms with van der Waals surface area (Å²) in [5, 5.41) is 4.29. The van der Waals surface area contributed by atoms with Crippen molar-refractivity contribution in [1.82, 2.24) is 24.5 Å². The van der Waals surface area contributed by atoms with Gasteiger partial charge in [-0.1, -0.05) is 19.3 Å². The molecule has 1 saturated carbocycles. The van der Waals surface area contributed by atoms with Gasteiger partial charge in [0.25, 0.3) is 0 Å². The van der Waals surface area contributed by atoms with E-state index in [-0.39, 0.29) is 6.04 Å². The molecule has 6 nitrogen and oxygen atoms in total. The van der Waals surface area contributed by atoms with Crippen molar-refractivity contribution >= 4 is 5.91 Å². The van der Waals surface area contributed by atoms with Crippen LogP contribution in [0.3, 0.4) is 0 Å². The minimum absolute atomic E-state index is 0.0255. The van der Waals surface area contributed by atoms with E-state index in [0.29, 0.717) is 18.0 Å². The number of carbonyl (C=O) groups excluding carboxylic acids is 1. The largest absolute Gasteiger partial charge is 0.339 e. The van der Waals surface area contributed by atoms with Crippen molar-refractivity contribution in [1.29, 1.82) is 0 Å². The molecule has 2 aliphatic rings. The minimum atomic E-state index is -0.0255. The fourth-order valence-corrected chi connectivity index (χ4v) is 4.94. The number of likely N-dealkylation sites (tertiary alicyclic amines) is 1. The van der Waals surface area contributed by atoms with Gasteiger partial charge in [0.1, 0.15) is 0 Å². The Morgan fingerprint density at radius 2 is 1.82 bits per heavy atom. The molecule has 0 spiro atoms. The first-order valence-corrected chi connectivity index (χ1v) is 11.3. The number of carbonyl (C=O) groups is 1. The molecule has 1 saturated heterocycles. The third-order valence-corrected chi connectivity index (χ3v) is 6.95. The van der Waals surface area contributed by atoms with Crippen LogP contribution in [-0.4, -0.2) is 81.7 Å². The summed E-state index contributed by atoms with van der Waals surface area (Å²) in [4.78, 5) is 20.3. The van der Waals surface area contributed by atoms with Gasteiger partial charge in [-0.3, -0.25) is 14.4 Å².